The number of ketones is 1. The largest absolute Gasteiger partial charge is 0.298 e. The van der Waals surface area contributed by atoms with Crippen LogP contribution in [0.3, 0.4) is 0 Å². The van der Waals surface area contributed by atoms with Crippen molar-refractivity contribution in [3.8, 4) is 0 Å². The molecule has 94 valence electrons. The van der Waals surface area contributed by atoms with E-state index in [2.05, 4.69) is 12.0 Å². The third-order valence-corrected chi connectivity index (χ3v) is 6.19. The highest BCUT2D eigenvalue weighted by Gasteiger charge is 2.28. The Bertz CT molecular complexity index is 392. The van der Waals surface area contributed by atoms with Crippen LogP contribution in [0.25, 0.3) is 0 Å². The lowest BCUT2D eigenvalue weighted by Gasteiger charge is -2.26. The van der Waals surface area contributed by atoms with Crippen LogP contribution >= 0.6 is 23.5 Å². The van der Waals surface area contributed by atoms with E-state index in [-0.39, 0.29) is 5.25 Å². The van der Waals surface area contributed by atoms with Crippen molar-refractivity contribution in [3.63, 3.8) is 0 Å². The van der Waals surface area contributed by atoms with Gasteiger partial charge in [0.15, 0.2) is 0 Å². The summed E-state index contributed by atoms with van der Waals surface area (Å²) in [4.78, 5) is 12.2. The van der Waals surface area contributed by atoms with E-state index >= 15 is 0 Å². The van der Waals surface area contributed by atoms with Crippen LogP contribution in [0.4, 0.5) is 0 Å². The Labute approximate surface area is 111 Å². The first kappa shape index (κ1) is 13.0. The number of thioether (sulfide) groups is 2. The second kappa shape index (κ2) is 5.96. The summed E-state index contributed by atoms with van der Waals surface area (Å²) in [6, 6.07) is 1.99. The van der Waals surface area contributed by atoms with Gasteiger partial charge in [-0.1, -0.05) is 6.92 Å². The first-order valence-electron chi connectivity index (χ1n) is 5.91. The number of carbonyl (C=O) groups is 1. The Morgan fingerprint density at radius 2 is 2.29 bits per heavy atom. The normalized spacial score (nSPS) is 24.8. The van der Waals surface area contributed by atoms with Gasteiger partial charge in [-0.3, -0.25) is 9.48 Å². The predicted molar refractivity (Wildman–Crippen MR) is 74.7 cm³/mol. The van der Waals surface area contributed by atoms with Gasteiger partial charge in [0, 0.05) is 42.1 Å². The molecule has 0 aromatic carbocycles. The van der Waals surface area contributed by atoms with Crippen molar-refractivity contribution >= 4 is 29.3 Å². The minimum Gasteiger partial charge on any atom is -0.298 e. The Kier molecular flexibility index (Phi) is 4.56. The van der Waals surface area contributed by atoms with Crippen LogP contribution in [0, 0.1) is 0 Å². The van der Waals surface area contributed by atoms with Crippen molar-refractivity contribution in [3.05, 3.63) is 18.0 Å². The predicted octanol–water partition coefficient (Wildman–Crippen LogP) is 2.16. The van der Waals surface area contributed by atoms with Crippen molar-refractivity contribution in [1.82, 2.24) is 9.78 Å². The van der Waals surface area contributed by atoms with Gasteiger partial charge in [0.2, 0.25) is 0 Å². The first-order valence-corrected chi connectivity index (χ1v) is 8.01. The average molecular weight is 270 g/mol. The topological polar surface area (TPSA) is 34.9 Å². The van der Waals surface area contributed by atoms with Gasteiger partial charge in [-0.15, -0.1) is 11.8 Å². The van der Waals surface area contributed by atoms with Crippen molar-refractivity contribution in [2.75, 3.05) is 11.5 Å². The fraction of sp³-hybridized carbons (Fsp3) is 0.667. The molecule has 1 fully saturated rings. The van der Waals surface area contributed by atoms with E-state index in [4.69, 9.17) is 0 Å². The van der Waals surface area contributed by atoms with Crippen molar-refractivity contribution in [1.29, 1.82) is 0 Å². The van der Waals surface area contributed by atoms with Gasteiger partial charge in [-0.2, -0.15) is 16.9 Å². The van der Waals surface area contributed by atoms with Gasteiger partial charge in [0.1, 0.15) is 5.78 Å². The molecule has 3 nitrogen and oxygen atoms in total. The zero-order valence-corrected chi connectivity index (χ0v) is 11.9. The smallest absolute Gasteiger partial charge is 0.147 e. The van der Waals surface area contributed by atoms with E-state index in [1.807, 2.05) is 41.3 Å². The summed E-state index contributed by atoms with van der Waals surface area (Å²) in [5.74, 6) is 2.69. The molecule has 2 atom stereocenters. The fourth-order valence-corrected chi connectivity index (χ4v) is 4.80. The molecular formula is C12H18N2OS2. The molecule has 5 heteroatoms. The zero-order valence-electron chi connectivity index (χ0n) is 10.3. The minimum atomic E-state index is 0.196. The van der Waals surface area contributed by atoms with Gasteiger partial charge in [0.05, 0.1) is 5.25 Å². The minimum absolute atomic E-state index is 0.196. The highest BCUT2D eigenvalue weighted by Crippen LogP contribution is 2.32. The lowest BCUT2D eigenvalue weighted by molar-refractivity contribution is -0.118. The summed E-state index contributed by atoms with van der Waals surface area (Å²) in [6.45, 7) is 2.17. The van der Waals surface area contributed by atoms with E-state index < -0.39 is 0 Å². The number of aryl methyl sites for hydroxylation is 2. The number of aromatic nitrogens is 2. The van der Waals surface area contributed by atoms with Gasteiger partial charge in [-0.25, -0.2) is 0 Å². The number of rotatable bonds is 4. The van der Waals surface area contributed by atoms with Crippen LogP contribution in [0.5, 0.6) is 0 Å². The van der Waals surface area contributed by atoms with E-state index in [0.29, 0.717) is 17.5 Å². The van der Waals surface area contributed by atoms with E-state index in [0.717, 1.165) is 17.9 Å². The number of nitrogens with zero attached hydrogens (tertiary/aromatic N) is 2. The molecule has 0 N–H and O–H groups in total. The molecule has 2 unspecified atom stereocenters. The van der Waals surface area contributed by atoms with Gasteiger partial charge in [-0.05, 0) is 12.5 Å². The highest BCUT2D eigenvalue weighted by molar-refractivity contribution is 8.07. The quantitative estimate of drug-likeness (QED) is 0.840. The maximum atomic E-state index is 12.2. The maximum Gasteiger partial charge on any atom is 0.147 e. The van der Waals surface area contributed by atoms with Crippen molar-refractivity contribution < 1.29 is 4.79 Å². The lowest BCUT2D eigenvalue weighted by Crippen LogP contribution is -2.31. The molecule has 2 heterocycles. The fourth-order valence-electron chi connectivity index (χ4n) is 2.03. The molecule has 0 radical (unpaired) electrons. The molecule has 1 aromatic rings. The second-order valence-corrected chi connectivity index (χ2v) is 7.01. The zero-order chi connectivity index (χ0) is 12.3. The monoisotopic (exact) mass is 270 g/mol. The Balaban J connectivity index is 1.86. The van der Waals surface area contributed by atoms with Crippen molar-refractivity contribution in [2.24, 2.45) is 7.05 Å². The molecule has 2 rings (SSSR count). The van der Waals surface area contributed by atoms with Crippen LogP contribution in [-0.2, 0) is 18.3 Å². The number of hydrogen-bond acceptors (Lipinski definition) is 4. The Morgan fingerprint density at radius 1 is 1.53 bits per heavy atom. The first-order chi connectivity index (χ1) is 8.18. The molecule has 1 aliphatic heterocycles. The molecule has 0 spiro atoms. The average Bonchev–Trinajstić information content (AvgIpc) is 2.72. The molecule has 1 saturated heterocycles. The summed E-state index contributed by atoms with van der Waals surface area (Å²) >= 11 is 3.75. The number of Topliss-reactive ketones (excluding diaryl/α,β-unsaturated/α-hetero) is 1. The third-order valence-electron chi connectivity index (χ3n) is 3.06. The summed E-state index contributed by atoms with van der Waals surface area (Å²) in [5, 5.41) is 4.78. The van der Waals surface area contributed by atoms with E-state index in [9.17, 15) is 4.79 Å². The Hall–Kier alpha value is -0.420. The molecule has 0 saturated carbocycles. The summed E-state index contributed by atoms with van der Waals surface area (Å²) in [7, 11) is 1.92. The molecular weight excluding hydrogens is 252 g/mol. The lowest BCUT2D eigenvalue weighted by atomic mass is 10.1. The van der Waals surface area contributed by atoms with Crippen LogP contribution < -0.4 is 0 Å². The number of carbonyl (C=O) groups excluding carboxylic acids is 1. The molecule has 0 aliphatic carbocycles. The Morgan fingerprint density at radius 3 is 2.94 bits per heavy atom. The SMILES string of the molecule is CC1SCCSC1C(=O)CCc1ccnn1C. The van der Waals surface area contributed by atoms with Crippen LogP contribution in [0.1, 0.15) is 19.0 Å². The second-order valence-electron chi connectivity index (χ2n) is 4.28. The summed E-state index contributed by atoms with van der Waals surface area (Å²) in [5.41, 5.74) is 1.14. The molecule has 17 heavy (non-hydrogen) atoms. The number of hydrogen-bond donors (Lipinski definition) is 0. The van der Waals surface area contributed by atoms with E-state index in [1.165, 1.54) is 5.75 Å². The van der Waals surface area contributed by atoms with Gasteiger partial charge >= 0.3 is 0 Å². The maximum absolute atomic E-state index is 12.2. The molecule has 1 aromatic heterocycles. The van der Waals surface area contributed by atoms with Gasteiger partial charge in [0.25, 0.3) is 0 Å². The van der Waals surface area contributed by atoms with Crippen molar-refractivity contribution in [2.45, 2.75) is 30.3 Å². The van der Waals surface area contributed by atoms with Crippen LogP contribution in [0.15, 0.2) is 12.3 Å². The van der Waals surface area contributed by atoms with Crippen LogP contribution in [0.2, 0.25) is 0 Å². The molecule has 1 aliphatic rings. The van der Waals surface area contributed by atoms with Crippen LogP contribution in [-0.4, -0.2) is 37.6 Å². The third kappa shape index (κ3) is 3.28. The molecule has 0 bridgehead atoms. The summed E-state index contributed by atoms with van der Waals surface area (Å²) in [6.07, 6.45) is 3.24. The van der Waals surface area contributed by atoms with E-state index in [1.54, 1.807) is 6.20 Å². The standard InChI is InChI=1S/C12H18N2OS2/c1-9-12(17-8-7-16-9)11(15)4-3-10-5-6-13-14(10)2/h5-6,9,12H,3-4,7-8H2,1-2H3. The highest BCUT2D eigenvalue weighted by atomic mass is 32.2. The molecule has 0 amide bonds. The summed E-state index contributed by atoms with van der Waals surface area (Å²) < 4.78 is 1.85. The van der Waals surface area contributed by atoms with Gasteiger partial charge < -0.3 is 0 Å².